The van der Waals surface area contributed by atoms with Crippen molar-refractivity contribution < 1.29 is 28.2 Å². The van der Waals surface area contributed by atoms with E-state index in [9.17, 15) is 13.2 Å². The summed E-state index contributed by atoms with van der Waals surface area (Å²) in [6.07, 6.45) is -0.228. The van der Waals surface area contributed by atoms with Crippen LogP contribution >= 0.6 is 0 Å². The molecule has 0 amide bonds. The van der Waals surface area contributed by atoms with E-state index in [1.165, 1.54) is 7.11 Å². The number of hydrogen-bond donors (Lipinski definition) is 3. The molecule has 96 valence electrons. The molecule has 0 aliphatic heterocycles. The minimum Gasteiger partial charge on any atom is -0.481 e. The zero-order chi connectivity index (χ0) is 12.6. The number of nitrogens with one attached hydrogen (secondary N) is 1. The van der Waals surface area contributed by atoms with Gasteiger partial charge in [0.1, 0.15) is 0 Å². The van der Waals surface area contributed by atoms with Crippen LogP contribution in [0.5, 0.6) is 0 Å². The number of sulfonamides is 1. The van der Waals surface area contributed by atoms with E-state index in [0.29, 0.717) is 0 Å². The van der Waals surface area contributed by atoms with Crippen LogP contribution in [0, 0.1) is 0 Å². The van der Waals surface area contributed by atoms with E-state index in [4.69, 9.17) is 14.9 Å². The third-order valence-electron chi connectivity index (χ3n) is 1.78. The van der Waals surface area contributed by atoms with Crippen LogP contribution in [-0.2, 0) is 19.6 Å². The second-order valence-electron chi connectivity index (χ2n) is 3.25. The Morgan fingerprint density at radius 2 is 2.12 bits per heavy atom. The van der Waals surface area contributed by atoms with E-state index in [-0.39, 0.29) is 19.6 Å². The zero-order valence-electron chi connectivity index (χ0n) is 9.05. The van der Waals surface area contributed by atoms with Crippen LogP contribution in [0.1, 0.15) is 12.8 Å². The van der Waals surface area contributed by atoms with Gasteiger partial charge in [0.05, 0.1) is 18.8 Å². The van der Waals surface area contributed by atoms with Crippen LogP contribution in [-0.4, -0.2) is 56.7 Å². The molecule has 0 radical (unpaired) electrons. The first-order valence-corrected chi connectivity index (χ1v) is 6.38. The highest BCUT2D eigenvalue weighted by Crippen LogP contribution is 1.98. The first-order valence-electron chi connectivity index (χ1n) is 4.73. The highest BCUT2D eigenvalue weighted by atomic mass is 32.2. The monoisotopic (exact) mass is 255 g/mol. The quantitative estimate of drug-likeness (QED) is 0.476. The minimum atomic E-state index is -3.64. The van der Waals surface area contributed by atoms with Gasteiger partial charge in [-0.2, -0.15) is 0 Å². The van der Waals surface area contributed by atoms with Gasteiger partial charge in [0.15, 0.2) is 0 Å². The van der Waals surface area contributed by atoms with Crippen molar-refractivity contribution >= 4 is 16.0 Å². The molecule has 0 aliphatic carbocycles. The smallest absolute Gasteiger partial charge is 0.304 e. The lowest BCUT2D eigenvalue weighted by atomic mass is 10.2. The number of aliphatic hydroxyl groups excluding tert-OH is 1. The van der Waals surface area contributed by atoms with Gasteiger partial charge < -0.3 is 14.9 Å². The molecule has 0 saturated carbocycles. The summed E-state index contributed by atoms with van der Waals surface area (Å²) in [4.78, 5) is 10.2. The highest BCUT2D eigenvalue weighted by Gasteiger charge is 2.18. The second kappa shape index (κ2) is 7.55. The van der Waals surface area contributed by atoms with E-state index in [1.54, 1.807) is 0 Å². The number of methoxy groups -OCH3 is 1. The Kier molecular flexibility index (Phi) is 7.22. The number of rotatable bonds is 9. The maximum atomic E-state index is 11.4. The fourth-order valence-electron chi connectivity index (χ4n) is 1.07. The van der Waals surface area contributed by atoms with E-state index >= 15 is 0 Å². The summed E-state index contributed by atoms with van der Waals surface area (Å²) < 4.78 is 29.8. The van der Waals surface area contributed by atoms with Crippen molar-refractivity contribution in [2.45, 2.75) is 18.9 Å². The maximum Gasteiger partial charge on any atom is 0.304 e. The summed E-state index contributed by atoms with van der Waals surface area (Å²) in [5, 5.41) is 17.1. The molecule has 16 heavy (non-hydrogen) atoms. The molecule has 8 heteroatoms. The van der Waals surface area contributed by atoms with Crippen molar-refractivity contribution in [3.63, 3.8) is 0 Å². The molecule has 1 atom stereocenters. The van der Waals surface area contributed by atoms with Crippen molar-refractivity contribution in [2.75, 3.05) is 26.1 Å². The summed E-state index contributed by atoms with van der Waals surface area (Å²) in [7, 11) is -2.23. The van der Waals surface area contributed by atoms with Crippen LogP contribution in [0.25, 0.3) is 0 Å². The third kappa shape index (κ3) is 7.57. The van der Waals surface area contributed by atoms with Gasteiger partial charge >= 0.3 is 5.97 Å². The highest BCUT2D eigenvalue weighted by molar-refractivity contribution is 7.89. The Morgan fingerprint density at radius 3 is 2.56 bits per heavy atom. The molecule has 0 fully saturated rings. The summed E-state index contributed by atoms with van der Waals surface area (Å²) in [5.41, 5.74) is 0. The van der Waals surface area contributed by atoms with E-state index in [0.717, 1.165) is 0 Å². The SMILES string of the molecule is COCC(CCO)NS(=O)(=O)CCC(=O)O. The molecule has 0 spiro atoms. The first-order chi connectivity index (χ1) is 7.41. The molecule has 0 aliphatic rings. The van der Waals surface area contributed by atoms with Gasteiger partial charge in [-0.1, -0.05) is 0 Å². The van der Waals surface area contributed by atoms with Crippen LogP contribution in [0.2, 0.25) is 0 Å². The van der Waals surface area contributed by atoms with Gasteiger partial charge in [0.2, 0.25) is 10.0 Å². The predicted octanol–water partition coefficient (Wildman–Crippen LogP) is -1.22. The van der Waals surface area contributed by atoms with Crippen molar-refractivity contribution in [2.24, 2.45) is 0 Å². The van der Waals surface area contributed by atoms with E-state index < -0.39 is 34.2 Å². The second-order valence-corrected chi connectivity index (χ2v) is 5.12. The number of aliphatic hydroxyl groups is 1. The Morgan fingerprint density at radius 1 is 1.50 bits per heavy atom. The summed E-state index contributed by atoms with van der Waals surface area (Å²) >= 11 is 0. The van der Waals surface area contributed by atoms with Gasteiger partial charge in [-0.15, -0.1) is 0 Å². The molecule has 0 aromatic rings. The van der Waals surface area contributed by atoms with Gasteiger partial charge in [-0.05, 0) is 6.42 Å². The molecule has 0 saturated heterocycles. The Hall–Kier alpha value is -0.700. The van der Waals surface area contributed by atoms with Gasteiger partial charge in [-0.3, -0.25) is 4.79 Å². The van der Waals surface area contributed by atoms with Gasteiger partial charge in [0, 0.05) is 19.8 Å². The number of carboxylic acids is 1. The molecular formula is C8H17NO6S. The molecule has 0 heterocycles. The lowest BCUT2D eigenvalue weighted by Crippen LogP contribution is -2.40. The molecular weight excluding hydrogens is 238 g/mol. The van der Waals surface area contributed by atoms with Crippen molar-refractivity contribution in [3.8, 4) is 0 Å². The number of carbonyl (C=O) groups is 1. The maximum absolute atomic E-state index is 11.4. The molecule has 0 bridgehead atoms. The minimum absolute atomic E-state index is 0.132. The molecule has 7 nitrogen and oxygen atoms in total. The summed E-state index contributed by atoms with van der Waals surface area (Å²) in [6, 6.07) is -0.534. The van der Waals surface area contributed by atoms with E-state index in [2.05, 4.69) is 4.72 Å². The average Bonchev–Trinajstić information content (AvgIpc) is 2.15. The first kappa shape index (κ1) is 15.3. The van der Waals surface area contributed by atoms with Crippen molar-refractivity contribution in [1.82, 2.24) is 4.72 Å². The largest absolute Gasteiger partial charge is 0.481 e. The average molecular weight is 255 g/mol. The van der Waals surface area contributed by atoms with E-state index in [1.807, 2.05) is 0 Å². The Labute approximate surface area is 94.5 Å². The summed E-state index contributed by atoms with van der Waals surface area (Å²) in [5.74, 6) is -1.65. The van der Waals surface area contributed by atoms with Gasteiger partial charge in [-0.25, -0.2) is 13.1 Å². The number of carboxylic acid groups (broad SMARTS) is 1. The topological polar surface area (TPSA) is 113 Å². The fourth-order valence-corrected chi connectivity index (χ4v) is 2.32. The van der Waals surface area contributed by atoms with Crippen molar-refractivity contribution in [1.29, 1.82) is 0 Å². The Balaban J connectivity index is 4.23. The number of hydrogen-bond acceptors (Lipinski definition) is 5. The molecule has 1 unspecified atom stereocenters. The van der Waals surface area contributed by atoms with Gasteiger partial charge in [0.25, 0.3) is 0 Å². The standard InChI is InChI=1S/C8H17NO6S/c1-15-6-7(2-4-10)9-16(13,14)5-3-8(11)12/h7,9-10H,2-6H2,1H3,(H,11,12). The van der Waals surface area contributed by atoms with Crippen LogP contribution in [0.15, 0.2) is 0 Å². The predicted molar refractivity (Wildman–Crippen MR) is 56.5 cm³/mol. The number of aliphatic carboxylic acids is 1. The van der Waals surface area contributed by atoms with Crippen LogP contribution in [0.4, 0.5) is 0 Å². The summed E-state index contributed by atoms with van der Waals surface area (Å²) in [6.45, 7) is -0.0393. The lowest BCUT2D eigenvalue weighted by molar-refractivity contribution is -0.136. The third-order valence-corrected chi connectivity index (χ3v) is 3.21. The van der Waals surface area contributed by atoms with Crippen LogP contribution < -0.4 is 4.72 Å². The number of ether oxygens (including phenoxy) is 1. The zero-order valence-corrected chi connectivity index (χ0v) is 9.87. The molecule has 0 rings (SSSR count). The van der Waals surface area contributed by atoms with Crippen molar-refractivity contribution in [3.05, 3.63) is 0 Å². The normalized spacial score (nSPS) is 13.6. The lowest BCUT2D eigenvalue weighted by Gasteiger charge is -2.16. The Bertz CT molecular complexity index is 296. The fraction of sp³-hybridized carbons (Fsp3) is 0.875. The molecule has 0 aromatic heterocycles. The van der Waals surface area contributed by atoms with Crippen LogP contribution in [0.3, 0.4) is 0 Å². The molecule has 3 N–H and O–H groups in total. The molecule has 0 aromatic carbocycles.